The van der Waals surface area contributed by atoms with Crippen LogP contribution in [-0.4, -0.2) is 49.6 Å². The van der Waals surface area contributed by atoms with Crippen LogP contribution < -0.4 is 4.72 Å². The summed E-state index contributed by atoms with van der Waals surface area (Å²) in [7, 11) is 4.39. The first-order valence-corrected chi connectivity index (χ1v) is 10.8. The molecule has 0 heterocycles. The Balaban J connectivity index is 4.08. The van der Waals surface area contributed by atoms with Crippen molar-refractivity contribution >= 4 is 18.0 Å². The second-order valence-corrected chi connectivity index (χ2v) is 8.33. The zero-order valence-electron chi connectivity index (χ0n) is 16.7. The van der Waals surface area contributed by atoms with E-state index in [-0.39, 0.29) is 12.2 Å². The Labute approximate surface area is 154 Å². The zero-order valence-corrected chi connectivity index (χ0v) is 17.6. The second kappa shape index (κ2) is 14.9. The van der Waals surface area contributed by atoms with Gasteiger partial charge < -0.3 is 9.22 Å². The number of nitrogens with one attached hydrogen (secondary N) is 1. The van der Waals surface area contributed by atoms with Crippen molar-refractivity contribution in [3.05, 3.63) is 0 Å². The molecule has 0 aliphatic rings. The lowest BCUT2D eigenvalue weighted by atomic mass is 10.1. The number of carbonyl (C=O) groups excluding carboxylic acids is 1. The molecule has 0 saturated heterocycles. The second-order valence-electron chi connectivity index (χ2n) is 7.26. The zero-order chi connectivity index (χ0) is 18.3. The third kappa shape index (κ3) is 14.0. The average molecular weight is 362 g/mol. The standard InChI is InChI=1S/C19H40N2O2S/c1-6-9-10-11-12-13-14-15-16-18(17-21(4,5)7-2)23-19(22)20-24-8-3/h18H,6-17H2,1-5H3/p+1. The maximum Gasteiger partial charge on any atom is 0.417 e. The highest BCUT2D eigenvalue weighted by Gasteiger charge is 2.23. The van der Waals surface area contributed by atoms with Gasteiger partial charge >= 0.3 is 6.09 Å². The van der Waals surface area contributed by atoms with Crippen LogP contribution >= 0.6 is 11.9 Å². The largest absolute Gasteiger partial charge is 0.440 e. The van der Waals surface area contributed by atoms with E-state index in [9.17, 15) is 4.79 Å². The molecule has 1 amide bonds. The molecule has 0 fully saturated rings. The van der Waals surface area contributed by atoms with Gasteiger partial charge in [0, 0.05) is 5.75 Å². The molecule has 0 radical (unpaired) electrons. The molecule has 0 aliphatic carbocycles. The molecule has 0 aromatic heterocycles. The summed E-state index contributed by atoms with van der Waals surface area (Å²) < 4.78 is 9.29. The van der Waals surface area contributed by atoms with E-state index in [1.54, 1.807) is 0 Å². The third-order valence-electron chi connectivity index (χ3n) is 4.51. The van der Waals surface area contributed by atoms with Crippen molar-refractivity contribution in [2.75, 3.05) is 32.9 Å². The number of nitrogens with zero attached hydrogens (tertiary/aromatic N) is 1. The van der Waals surface area contributed by atoms with Crippen molar-refractivity contribution in [1.29, 1.82) is 0 Å². The van der Waals surface area contributed by atoms with Gasteiger partial charge in [0.15, 0.2) is 6.10 Å². The lowest BCUT2D eigenvalue weighted by Crippen LogP contribution is -2.46. The Morgan fingerprint density at radius 2 is 1.58 bits per heavy atom. The highest BCUT2D eigenvalue weighted by atomic mass is 32.2. The van der Waals surface area contributed by atoms with Crippen LogP contribution in [0.15, 0.2) is 0 Å². The molecule has 0 aliphatic heterocycles. The number of hydrogen-bond acceptors (Lipinski definition) is 3. The van der Waals surface area contributed by atoms with Crippen LogP contribution in [0.1, 0.15) is 78.6 Å². The van der Waals surface area contributed by atoms with Crippen molar-refractivity contribution in [2.24, 2.45) is 0 Å². The van der Waals surface area contributed by atoms with Crippen LogP contribution in [0.5, 0.6) is 0 Å². The minimum Gasteiger partial charge on any atom is -0.440 e. The molecule has 0 aromatic rings. The summed E-state index contributed by atoms with van der Waals surface area (Å²) in [6.45, 7) is 8.38. The first-order valence-electron chi connectivity index (χ1n) is 9.85. The Hall–Kier alpha value is -0.420. The molecule has 0 aromatic carbocycles. The molecule has 0 saturated carbocycles. The predicted octanol–water partition coefficient (Wildman–Crippen LogP) is 5.38. The predicted molar refractivity (Wildman–Crippen MR) is 106 cm³/mol. The van der Waals surface area contributed by atoms with E-state index in [1.807, 2.05) is 6.92 Å². The van der Waals surface area contributed by atoms with E-state index in [1.165, 1.54) is 56.9 Å². The SMILES string of the molecule is CCCCCCCCCCC(C[N+](C)(C)CC)OC(=O)NSCC. The fourth-order valence-corrected chi connectivity index (χ4v) is 2.99. The molecular formula is C19H41N2O2S+. The summed E-state index contributed by atoms with van der Waals surface area (Å²) in [5, 5.41) is 0. The molecule has 0 spiro atoms. The quantitative estimate of drug-likeness (QED) is 0.242. The van der Waals surface area contributed by atoms with Crippen LogP contribution in [0.3, 0.4) is 0 Å². The van der Waals surface area contributed by atoms with E-state index >= 15 is 0 Å². The monoisotopic (exact) mass is 361 g/mol. The van der Waals surface area contributed by atoms with Gasteiger partial charge in [-0.2, -0.15) is 0 Å². The molecule has 1 atom stereocenters. The topological polar surface area (TPSA) is 38.3 Å². The summed E-state index contributed by atoms with van der Waals surface area (Å²) in [6, 6.07) is 0. The molecular weight excluding hydrogens is 320 g/mol. The Morgan fingerprint density at radius 3 is 2.12 bits per heavy atom. The van der Waals surface area contributed by atoms with Crippen LogP contribution in [0.2, 0.25) is 0 Å². The number of unbranched alkanes of at least 4 members (excludes halogenated alkanes) is 7. The summed E-state index contributed by atoms with van der Waals surface area (Å²) in [6.07, 6.45) is 11.2. The molecule has 5 heteroatoms. The van der Waals surface area contributed by atoms with Gasteiger partial charge in [-0.25, -0.2) is 4.79 Å². The summed E-state index contributed by atoms with van der Waals surface area (Å²) >= 11 is 1.39. The van der Waals surface area contributed by atoms with Crippen LogP contribution in [0, 0.1) is 0 Å². The van der Waals surface area contributed by atoms with Gasteiger partial charge in [-0.1, -0.05) is 58.8 Å². The average Bonchev–Trinajstić information content (AvgIpc) is 2.55. The summed E-state index contributed by atoms with van der Waals surface area (Å²) in [4.78, 5) is 11.9. The number of quaternary nitrogens is 1. The minimum atomic E-state index is -0.289. The van der Waals surface area contributed by atoms with Gasteiger partial charge in [-0.05, 0) is 31.7 Å². The fourth-order valence-electron chi connectivity index (χ4n) is 2.68. The summed E-state index contributed by atoms with van der Waals surface area (Å²) in [5.41, 5.74) is 0. The van der Waals surface area contributed by atoms with Gasteiger partial charge in [-0.15, -0.1) is 0 Å². The minimum absolute atomic E-state index is 0.0116. The van der Waals surface area contributed by atoms with Crippen molar-refractivity contribution in [3.8, 4) is 0 Å². The molecule has 24 heavy (non-hydrogen) atoms. The number of rotatable bonds is 15. The van der Waals surface area contributed by atoms with Gasteiger partial charge in [0.05, 0.1) is 20.6 Å². The lowest BCUT2D eigenvalue weighted by Gasteiger charge is -2.32. The van der Waals surface area contributed by atoms with Gasteiger partial charge in [0.1, 0.15) is 6.54 Å². The van der Waals surface area contributed by atoms with E-state index in [0.29, 0.717) is 0 Å². The number of ether oxygens (including phenoxy) is 1. The Kier molecular flexibility index (Phi) is 14.6. The first kappa shape index (κ1) is 23.6. The van der Waals surface area contributed by atoms with E-state index in [0.717, 1.165) is 36.2 Å². The van der Waals surface area contributed by atoms with Crippen LogP contribution in [0.4, 0.5) is 4.79 Å². The fraction of sp³-hybridized carbons (Fsp3) is 0.947. The van der Waals surface area contributed by atoms with E-state index in [4.69, 9.17) is 4.74 Å². The van der Waals surface area contributed by atoms with Crippen LogP contribution in [-0.2, 0) is 4.74 Å². The Bertz CT molecular complexity index is 312. The van der Waals surface area contributed by atoms with Gasteiger partial charge in [0.25, 0.3) is 0 Å². The Morgan fingerprint density at radius 1 is 1.00 bits per heavy atom. The number of likely N-dealkylation sites (N-methyl/N-ethyl adjacent to an activating group) is 1. The third-order valence-corrected chi connectivity index (χ3v) is 5.11. The van der Waals surface area contributed by atoms with Crippen molar-refractivity contribution < 1.29 is 14.0 Å². The lowest BCUT2D eigenvalue weighted by molar-refractivity contribution is -0.891. The summed E-state index contributed by atoms with van der Waals surface area (Å²) in [5.74, 6) is 0.855. The first-order chi connectivity index (χ1) is 11.4. The normalized spacial score (nSPS) is 12.9. The molecule has 4 nitrogen and oxygen atoms in total. The molecule has 1 unspecified atom stereocenters. The molecule has 0 rings (SSSR count). The smallest absolute Gasteiger partial charge is 0.417 e. The maximum atomic E-state index is 11.9. The van der Waals surface area contributed by atoms with E-state index < -0.39 is 0 Å². The maximum absolute atomic E-state index is 11.9. The van der Waals surface area contributed by atoms with Crippen molar-refractivity contribution in [2.45, 2.75) is 84.7 Å². The number of amides is 1. The molecule has 0 bridgehead atoms. The van der Waals surface area contributed by atoms with Gasteiger partial charge in [0.2, 0.25) is 0 Å². The molecule has 144 valence electrons. The van der Waals surface area contributed by atoms with Crippen molar-refractivity contribution in [1.82, 2.24) is 4.72 Å². The van der Waals surface area contributed by atoms with Crippen LogP contribution in [0.25, 0.3) is 0 Å². The number of hydrogen-bond donors (Lipinski definition) is 1. The van der Waals surface area contributed by atoms with Crippen molar-refractivity contribution in [3.63, 3.8) is 0 Å². The highest BCUT2D eigenvalue weighted by Crippen LogP contribution is 2.14. The number of carbonyl (C=O) groups is 1. The van der Waals surface area contributed by atoms with E-state index in [2.05, 4.69) is 32.7 Å². The van der Waals surface area contributed by atoms with Gasteiger partial charge in [-0.3, -0.25) is 4.72 Å². The molecule has 1 N–H and O–H groups in total. The highest BCUT2D eigenvalue weighted by molar-refractivity contribution is 7.97.